The molecule has 0 amide bonds. The molecule has 0 aromatic heterocycles. The van der Waals surface area contributed by atoms with Crippen LogP contribution < -0.4 is 11.5 Å². The van der Waals surface area contributed by atoms with Crippen molar-refractivity contribution in [2.75, 3.05) is 0 Å². The molecule has 0 heterocycles. The van der Waals surface area contributed by atoms with Gasteiger partial charge in [0.2, 0.25) is 0 Å². The number of rotatable bonds is 8. The van der Waals surface area contributed by atoms with Crippen molar-refractivity contribution in [3.8, 4) is 0 Å². The van der Waals surface area contributed by atoms with Gasteiger partial charge in [-0.15, -0.1) is 0 Å². The van der Waals surface area contributed by atoms with Crippen molar-refractivity contribution in [2.24, 2.45) is 22.3 Å². The lowest BCUT2D eigenvalue weighted by atomic mass is 9.46. The normalized spacial score (nSPS) is 20.9. The monoisotopic (exact) mass is 346 g/mol. The lowest BCUT2D eigenvalue weighted by Crippen LogP contribution is -2.72. The Hall–Kier alpha value is -2.20. The van der Waals surface area contributed by atoms with Crippen LogP contribution in [0.3, 0.4) is 0 Å². The van der Waals surface area contributed by atoms with Gasteiger partial charge in [-0.2, -0.15) is 0 Å². The summed E-state index contributed by atoms with van der Waals surface area (Å²) in [5.41, 5.74) is 6.68. The highest BCUT2D eigenvalue weighted by molar-refractivity contribution is 5.76. The quantitative estimate of drug-likeness (QED) is 0.315. The van der Waals surface area contributed by atoms with Gasteiger partial charge in [-0.1, -0.05) is 0 Å². The molecule has 0 aromatic carbocycles. The Morgan fingerprint density at radius 2 is 1.08 bits per heavy atom. The minimum Gasteiger partial charge on any atom is -0.481 e. The van der Waals surface area contributed by atoms with Crippen LogP contribution in [0.1, 0.15) is 44.9 Å². The van der Waals surface area contributed by atoms with Crippen LogP contribution in [-0.2, 0) is 19.2 Å². The van der Waals surface area contributed by atoms with Crippen molar-refractivity contribution in [3.05, 3.63) is 0 Å². The number of hydrogen-bond acceptors (Lipinski definition) is 6. The summed E-state index contributed by atoms with van der Waals surface area (Å²) in [5.74, 6) is -5.57. The van der Waals surface area contributed by atoms with Gasteiger partial charge in [0.1, 0.15) is 0 Å². The zero-order chi connectivity index (χ0) is 18.8. The second-order valence-corrected chi connectivity index (χ2v) is 6.54. The van der Waals surface area contributed by atoms with Crippen LogP contribution in [0.4, 0.5) is 0 Å². The Morgan fingerprint density at radius 3 is 1.42 bits per heavy atom. The highest BCUT2D eigenvalue weighted by Crippen LogP contribution is 2.60. The average Bonchev–Trinajstić information content (AvgIpc) is 2.32. The Balaban J connectivity index is 3.67. The molecule has 1 saturated carbocycles. The fourth-order valence-electron chi connectivity index (χ4n) is 4.13. The molecule has 136 valence electrons. The Bertz CT molecular complexity index is 525. The van der Waals surface area contributed by atoms with Crippen LogP contribution in [0.15, 0.2) is 0 Å². The number of carboxylic acid groups (broad SMARTS) is 4. The summed E-state index contributed by atoms with van der Waals surface area (Å²) in [4.78, 5) is 45.5. The standard InChI is InChI=1S/C14H22N2O8/c15-14(16)3-1-2-12(4-8(17)18,5-9(19)20)13(14,6-10(21)22)7-11(23)24/h1-7,15-16H2,(H,17,18)(H,19,20)(H,21,22)(H,23,24). The molecule has 0 unspecified atom stereocenters. The van der Waals surface area contributed by atoms with E-state index in [4.69, 9.17) is 11.5 Å². The number of hydrogen-bond donors (Lipinski definition) is 6. The van der Waals surface area contributed by atoms with Crippen molar-refractivity contribution in [3.63, 3.8) is 0 Å². The second-order valence-electron chi connectivity index (χ2n) is 6.54. The first-order valence-electron chi connectivity index (χ1n) is 7.32. The molecule has 1 fully saturated rings. The van der Waals surface area contributed by atoms with E-state index >= 15 is 0 Å². The lowest BCUT2D eigenvalue weighted by Gasteiger charge is -2.59. The Morgan fingerprint density at radius 1 is 0.708 bits per heavy atom. The predicted molar refractivity (Wildman–Crippen MR) is 78.8 cm³/mol. The molecule has 1 aliphatic carbocycles. The van der Waals surface area contributed by atoms with Crippen LogP contribution in [0.2, 0.25) is 0 Å². The summed E-state index contributed by atoms with van der Waals surface area (Å²) >= 11 is 0. The molecule has 0 spiro atoms. The fourth-order valence-corrected chi connectivity index (χ4v) is 4.13. The molecule has 0 aromatic rings. The first-order chi connectivity index (χ1) is 10.9. The van der Waals surface area contributed by atoms with Crippen LogP contribution in [-0.4, -0.2) is 50.0 Å². The van der Waals surface area contributed by atoms with Gasteiger partial charge in [0.25, 0.3) is 0 Å². The maximum atomic E-state index is 11.4. The lowest BCUT2D eigenvalue weighted by molar-refractivity contribution is -0.176. The zero-order valence-electron chi connectivity index (χ0n) is 13.0. The van der Waals surface area contributed by atoms with Gasteiger partial charge < -0.3 is 31.9 Å². The maximum Gasteiger partial charge on any atom is 0.304 e. The highest BCUT2D eigenvalue weighted by Gasteiger charge is 2.64. The molecule has 10 heteroatoms. The largest absolute Gasteiger partial charge is 0.481 e. The number of aliphatic carboxylic acids is 4. The smallest absolute Gasteiger partial charge is 0.304 e. The van der Waals surface area contributed by atoms with Gasteiger partial charge in [-0.25, -0.2) is 0 Å². The Labute approximate surface area is 137 Å². The van der Waals surface area contributed by atoms with Gasteiger partial charge in [-0.05, 0) is 19.3 Å². The molecular formula is C14H22N2O8. The minimum absolute atomic E-state index is 0.0162. The highest BCUT2D eigenvalue weighted by atomic mass is 16.4. The third-order valence-corrected chi connectivity index (χ3v) is 5.04. The van der Waals surface area contributed by atoms with Crippen LogP contribution >= 0.6 is 0 Å². The van der Waals surface area contributed by atoms with Gasteiger partial charge in [-0.3, -0.25) is 19.2 Å². The van der Waals surface area contributed by atoms with Gasteiger partial charge in [0.05, 0.1) is 31.3 Å². The summed E-state index contributed by atoms with van der Waals surface area (Å²) in [6, 6.07) is 0. The van der Waals surface area contributed by atoms with E-state index in [-0.39, 0.29) is 19.3 Å². The minimum atomic E-state index is -1.91. The summed E-state index contributed by atoms with van der Waals surface area (Å²) in [5, 5.41) is 37.0. The van der Waals surface area contributed by atoms with Crippen molar-refractivity contribution in [1.82, 2.24) is 0 Å². The molecular weight excluding hydrogens is 324 g/mol. The third-order valence-electron chi connectivity index (χ3n) is 5.04. The maximum absolute atomic E-state index is 11.4. The van der Waals surface area contributed by atoms with E-state index in [1.54, 1.807) is 0 Å². The summed E-state index contributed by atoms with van der Waals surface area (Å²) < 4.78 is 0. The van der Waals surface area contributed by atoms with Crippen LogP contribution in [0.5, 0.6) is 0 Å². The number of carbonyl (C=O) groups is 4. The van der Waals surface area contributed by atoms with Crippen molar-refractivity contribution in [1.29, 1.82) is 0 Å². The second kappa shape index (κ2) is 6.73. The van der Waals surface area contributed by atoms with Gasteiger partial charge in [0.15, 0.2) is 0 Å². The zero-order valence-corrected chi connectivity index (χ0v) is 13.0. The van der Waals surface area contributed by atoms with E-state index < -0.39 is 66.1 Å². The van der Waals surface area contributed by atoms with Crippen molar-refractivity contribution >= 4 is 23.9 Å². The molecule has 10 nitrogen and oxygen atoms in total. The Kier molecular flexibility index (Phi) is 5.57. The van der Waals surface area contributed by atoms with E-state index in [9.17, 15) is 39.6 Å². The number of nitrogens with two attached hydrogens (primary N) is 2. The first kappa shape index (κ1) is 19.8. The topological polar surface area (TPSA) is 201 Å². The molecule has 0 saturated heterocycles. The van der Waals surface area contributed by atoms with Gasteiger partial charge in [0, 0.05) is 10.8 Å². The van der Waals surface area contributed by atoms with E-state index in [2.05, 4.69) is 0 Å². The van der Waals surface area contributed by atoms with Crippen molar-refractivity contribution in [2.45, 2.75) is 50.6 Å². The molecule has 1 rings (SSSR count). The molecule has 1 aliphatic rings. The van der Waals surface area contributed by atoms with E-state index in [0.717, 1.165) is 0 Å². The number of carboxylic acids is 4. The van der Waals surface area contributed by atoms with Crippen LogP contribution in [0.25, 0.3) is 0 Å². The molecule has 24 heavy (non-hydrogen) atoms. The fraction of sp³-hybridized carbons (Fsp3) is 0.714. The SMILES string of the molecule is NC1(N)CCCC(CC(=O)O)(CC(=O)O)C1(CC(=O)O)CC(=O)O. The van der Waals surface area contributed by atoms with Crippen molar-refractivity contribution < 1.29 is 39.6 Å². The van der Waals surface area contributed by atoms with E-state index in [1.807, 2.05) is 0 Å². The van der Waals surface area contributed by atoms with E-state index in [1.165, 1.54) is 0 Å². The average molecular weight is 346 g/mol. The molecule has 0 atom stereocenters. The molecule has 0 bridgehead atoms. The summed E-state index contributed by atoms with van der Waals surface area (Å²) in [6.07, 6.45) is -2.75. The molecule has 0 aliphatic heterocycles. The van der Waals surface area contributed by atoms with Crippen LogP contribution in [0, 0.1) is 10.8 Å². The van der Waals surface area contributed by atoms with E-state index in [0.29, 0.717) is 0 Å². The summed E-state index contributed by atoms with van der Waals surface area (Å²) in [7, 11) is 0. The molecule has 8 N–H and O–H groups in total. The molecule has 0 radical (unpaired) electrons. The first-order valence-corrected chi connectivity index (χ1v) is 7.32. The summed E-state index contributed by atoms with van der Waals surface area (Å²) in [6.45, 7) is 0. The third kappa shape index (κ3) is 3.65. The predicted octanol–water partition coefficient (Wildman–Crippen LogP) is -0.344. The van der Waals surface area contributed by atoms with Gasteiger partial charge >= 0.3 is 23.9 Å².